The average molecular weight is 203 g/mol. The average Bonchev–Trinajstić information content (AvgIpc) is 1.97. The summed E-state index contributed by atoms with van der Waals surface area (Å²) in [6.07, 6.45) is 0. The molecule has 0 spiro atoms. The van der Waals surface area contributed by atoms with Crippen molar-refractivity contribution >= 4 is 11.8 Å². The Labute approximate surface area is 85.6 Å². The normalized spacial score (nSPS) is 18.2. The summed E-state index contributed by atoms with van der Waals surface area (Å²) >= 11 is 2.04. The first-order chi connectivity index (χ1) is 6.24. The zero-order valence-corrected chi connectivity index (χ0v) is 9.52. The van der Waals surface area contributed by atoms with Gasteiger partial charge in [-0.25, -0.2) is 0 Å². The molecule has 0 aliphatic carbocycles. The van der Waals surface area contributed by atoms with Crippen LogP contribution < -0.4 is 5.73 Å². The molecule has 4 heteroatoms. The Balaban J connectivity index is 2.20. The standard InChI is InChI=1S/C9H21N3S/c1-11(2)5-6-12(4-3-10)9-7-13-8-9/h9H,3-8,10H2,1-2H3. The van der Waals surface area contributed by atoms with Crippen molar-refractivity contribution in [2.45, 2.75) is 6.04 Å². The Morgan fingerprint density at radius 2 is 1.92 bits per heavy atom. The van der Waals surface area contributed by atoms with Gasteiger partial charge in [-0.3, -0.25) is 4.90 Å². The number of nitrogens with two attached hydrogens (primary N) is 1. The second-order valence-electron chi connectivity index (χ2n) is 3.82. The number of nitrogens with zero attached hydrogens (tertiary/aromatic N) is 2. The van der Waals surface area contributed by atoms with Gasteiger partial charge in [0.05, 0.1) is 0 Å². The molecule has 13 heavy (non-hydrogen) atoms. The molecule has 0 aromatic rings. The summed E-state index contributed by atoms with van der Waals surface area (Å²) in [6.45, 7) is 4.14. The zero-order valence-electron chi connectivity index (χ0n) is 8.70. The SMILES string of the molecule is CN(C)CCN(CCN)C1CSC1. The molecule has 1 heterocycles. The van der Waals surface area contributed by atoms with Gasteiger partial charge >= 0.3 is 0 Å². The maximum absolute atomic E-state index is 5.59. The van der Waals surface area contributed by atoms with Gasteiger partial charge in [-0.2, -0.15) is 11.8 Å². The van der Waals surface area contributed by atoms with E-state index in [1.165, 1.54) is 11.5 Å². The quantitative estimate of drug-likeness (QED) is 0.655. The van der Waals surface area contributed by atoms with E-state index in [4.69, 9.17) is 5.73 Å². The van der Waals surface area contributed by atoms with Crippen LogP contribution in [0.15, 0.2) is 0 Å². The van der Waals surface area contributed by atoms with Gasteiger partial charge in [0.25, 0.3) is 0 Å². The van der Waals surface area contributed by atoms with Gasteiger partial charge in [0.2, 0.25) is 0 Å². The van der Waals surface area contributed by atoms with E-state index in [0.29, 0.717) is 0 Å². The van der Waals surface area contributed by atoms with E-state index < -0.39 is 0 Å². The Kier molecular flexibility index (Phi) is 5.09. The van der Waals surface area contributed by atoms with Crippen LogP contribution in [0.25, 0.3) is 0 Å². The summed E-state index contributed by atoms with van der Waals surface area (Å²) < 4.78 is 0. The minimum atomic E-state index is 0.786. The lowest BCUT2D eigenvalue weighted by Gasteiger charge is -2.37. The van der Waals surface area contributed by atoms with Crippen molar-refractivity contribution in [3.8, 4) is 0 Å². The molecule has 0 amide bonds. The Hall–Kier alpha value is 0.230. The van der Waals surface area contributed by atoms with Gasteiger partial charge in [-0.15, -0.1) is 0 Å². The fraction of sp³-hybridized carbons (Fsp3) is 1.00. The number of hydrogen-bond donors (Lipinski definition) is 1. The second kappa shape index (κ2) is 5.86. The third-order valence-electron chi connectivity index (χ3n) is 2.39. The van der Waals surface area contributed by atoms with Crippen LogP contribution in [-0.4, -0.2) is 67.6 Å². The minimum Gasteiger partial charge on any atom is -0.329 e. The van der Waals surface area contributed by atoms with E-state index in [-0.39, 0.29) is 0 Å². The molecule has 0 saturated carbocycles. The first-order valence-electron chi connectivity index (χ1n) is 4.90. The molecule has 0 bridgehead atoms. The smallest absolute Gasteiger partial charge is 0.0278 e. The van der Waals surface area contributed by atoms with Crippen LogP contribution in [0.5, 0.6) is 0 Å². The third-order valence-corrected chi connectivity index (χ3v) is 3.63. The van der Waals surface area contributed by atoms with Crippen molar-refractivity contribution in [2.24, 2.45) is 5.73 Å². The van der Waals surface area contributed by atoms with Gasteiger partial charge in [0, 0.05) is 43.7 Å². The molecule has 1 aliphatic heterocycles. The van der Waals surface area contributed by atoms with Crippen LogP contribution >= 0.6 is 11.8 Å². The number of likely N-dealkylation sites (N-methyl/N-ethyl adjacent to an activating group) is 1. The first kappa shape index (κ1) is 11.3. The van der Waals surface area contributed by atoms with E-state index in [2.05, 4.69) is 23.9 Å². The zero-order chi connectivity index (χ0) is 9.68. The highest BCUT2D eigenvalue weighted by molar-refractivity contribution is 8.00. The molecule has 3 nitrogen and oxygen atoms in total. The van der Waals surface area contributed by atoms with Gasteiger partial charge in [0.15, 0.2) is 0 Å². The second-order valence-corrected chi connectivity index (χ2v) is 4.89. The number of hydrogen-bond acceptors (Lipinski definition) is 4. The van der Waals surface area contributed by atoms with Crippen LogP contribution in [0.1, 0.15) is 0 Å². The third kappa shape index (κ3) is 3.85. The van der Waals surface area contributed by atoms with Crippen LogP contribution in [0.2, 0.25) is 0 Å². The van der Waals surface area contributed by atoms with E-state index in [1.54, 1.807) is 0 Å². The molecule has 1 aliphatic rings. The topological polar surface area (TPSA) is 32.5 Å². The summed E-state index contributed by atoms with van der Waals surface area (Å²) in [4.78, 5) is 4.76. The van der Waals surface area contributed by atoms with Crippen LogP contribution in [-0.2, 0) is 0 Å². The molecule has 78 valence electrons. The van der Waals surface area contributed by atoms with Crippen molar-refractivity contribution in [1.82, 2.24) is 9.80 Å². The van der Waals surface area contributed by atoms with E-state index in [0.717, 1.165) is 32.2 Å². The highest BCUT2D eigenvalue weighted by Crippen LogP contribution is 2.22. The van der Waals surface area contributed by atoms with Crippen LogP contribution in [0, 0.1) is 0 Å². The minimum absolute atomic E-state index is 0.786. The Bertz CT molecular complexity index is 137. The van der Waals surface area contributed by atoms with Gasteiger partial charge in [0.1, 0.15) is 0 Å². The maximum Gasteiger partial charge on any atom is 0.0278 e. The lowest BCUT2D eigenvalue weighted by atomic mass is 10.3. The highest BCUT2D eigenvalue weighted by atomic mass is 32.2. The maximum atomic E-state index is 5.59. The molecule has 2 N–H and O–H groups in total. The van der Waals surface area contributed by atoms with Gasteiger partial charge in [-0.1, -0.05) is 0 Å². The Morgan fingerprint density at radius 1 is 1.23 bits per heavy atom. The summed E-state index contributed by atoms with van der Waals surface area (Å²) in [5.41, 5.74) is 5.59. The van der Waals surface area contributed by atoms with Gasteiger partial charge in [-0.05, 0) is 14.1 Å². The Morgan fingerprint density at radius 3 is 2.31 bits per heavy atom. The van der Waals surface area contributed by atoms with Crippen molar-refractivity contribution in [2.75, 3.05) is 51.8 Å². The van der Waals surface area contributed by atoms with E-state index in [1.807, 2.05) is 11.8 Å². The lowest BCUT2D eigenvalue weighted by molar-refractivity contribution is 0.203. The van der Waals surface area contributed by atoms with Crippen LogP contribution in [0.3, 0.4) is 0 Å². The number of rotatable bonds is 6. The highest BCUT2D eigenvalue weighted by Gasteiger charge is 2.24. The first-order valence-corrected chi connectivity index (χ1v) is 6.06. The molecule has 1 rings (SSSR count). The van der Waals surface area contributed by atoms with Crippen molar-refractivity contribution in [1.29, 1.82) is 0 Å². The van der Waals surface area contributed by atoms with Gasteiger partial charge < -0.3 is 10.6 Å². The van der Waals surface area contributed by atoms with Crippen molar-refractivity contribution in [3.05, 3.63) is 0 Å². The largest absolute Gasteiger partial charge is 0.329 e. The van der Waals surface area contributed by atoms with Crippen molar-refractivity contribution in [3.63, 3.8) is 0 Å². The predicted octanol–water partition coefficient (Wildman–Crippen LogP) is -0.0759. The van der Waals surface area contributed by atoms with Crippen LogP contribution in [0.4, 0.5) is 0 Å². The molecule has 0 aromatic heterocycles. The fourth-order valence-electron chi connectivity index (χ4n) is 1.41. The van der Waals surface area contributed by atoms with Crippen molar-refractivity contribution < 1.29 is 0 Å². The lowest BCUT2D eigenvalue weighted by Crippen LogP contribution is -2.48. The molecule has 0 unspecified atom stereocenters. The number of thioether (sulfide) groups is 1. The summed E-state index contributed by atoms with van der Waals surface area (Å²) in [6, 6.07) is 0.800. The molecule has 0 radical (unpaired) electrons. The molecule has 1 saturated heterocycles. The van der Waals surface area contributed by atoms with E-state index >= 15 is 0 Å². The molecule has 1 fully saturated rings. The molecule has 0 atom stereocenters. The molecule has 0 aromatic carbocycles. The monoisotopic (exact) mass is 203 g/mol. The van der Waals surface area contributed by atoms with E-state index in [9.17, 15) is 0 Å². The molecular weight excluding hydrogens is 182 g/mol. The molecular formula is C9H21N3S. The fourth-order valence-corrected chi connectivity index (χ4v) is 2.27. The predicted molar refractivity (Wildman–Crippen MR) is 60.3 cm³/mol. The summed E-state index contributed by atoms with van der Waals surface area (Å²) in [7, 11) is 4.24. The summed E-state index contributed by atoms with van der Waals surface area (Å²) in [5, 5.41) is 0. The summed E-state index contributed by atoms with van der Waals surface area (Å²) in [5.74, 6) is 2.60.